The Morgan fingerprint density at radius 3 is 2.48 bits per heavy atom. The molecule has 1 aliphatic heterocycles. The second-order valence-electron chi connectivity index (χ2n) is 7.30. The summed E-state index contributed by atoms with van der Waals surface area (Å²) in [4.78, 5) is 16.9. The average Bonchev–Trinajstić information content (AvgIpc) is 2.98. The zero-order chi connectivity index (χ0) is 23.1. The first kappa shape index (κ1) is 23.4. The van der Waals surface area contributed by atoms with Gasteiger partial charge in [-0.1, -0.05) is 13.0 Å². The number of ether oxygens (including phenoxy) is 2. The largest absolute Gasteiger partial charge is 0.493 e. The lowest BCUT2D eigenvalue weighted by Crippen LogP contribution is -2.47. The second kappa shape index (κ2) is 8.34. The third-order valence-electron chi connectivity index (χ3n) is 5.57. The molecule has 1 N–H and O–H groups in total. The van der Waals surface area contributed by atoms with Crippen molar-refractivity contribution >= 4 is 27.5 Å². The minimum absolute atomic E-state index is 0.101. The number of amides is 1. The van der Waals surface area contributed by atoms with Crippen LogP contribution in [0.15, 0.2) is 35.1 Å². The summed E-state index contributed by atoms with van der Waals surface area (Å²) in [7, 11) is 1.06. The number of hydrogen-bond donors (Lipinski definition) is 1. The Morgan fingerprint density at radius 1 is 1.26 bits per heavy atom. The number of rotatable bonds is 4. The van der Waals surface area contributed by atoms with E-state index in [1.54, 1.807) is 0 Å². The molecule has 3 rings (SSSR count). The van der Waals surface area contributed by atoms with E-state index < -0.39 is 53.0 Å². The van der Waals surface area contributed by atoms with Crippen LogP contribution in [0.3, 0.4) is 0 Å². The highest BCUT2D eigenvalue weighted by Crippen LogP contribution is 2.54. The molecule has 0 aliphatic carbocycles. The van der Waals surface area contributed by atoms with Gasteiger partial charge in [0.2, 0.25) is 5.82 Å². The molecule has 1 saturated heterocycles. The summed E-state index contributed by atoms with van der Waals surface area (Å²) in [5, 5.41) is 2.46. The highest BCUT2D eigenvalue weighted by Gasteiger charge is 2.65. The van der Waals surface area contributed by atoms with E-state index in [9.17, 15) is 26.7 Å². The maximum absolute atomic E-state index is 14.3. The zero-order valence-corrected chi connectivity index (χ0v) is 18.1. The molecule has 1 aromatic heterocycles. The molecule has 1 aromatic carbocycles. The predicted octanol–water partition coefficient (Wildman–Crippen LogP) is 5.21. The van der Waals surface area contributed by atoms with Gasteiger partial charge in [0, 0.05) is 17.4 Å². The Bertz CT molecular complexity index is 986. The summed E-state index contributed by atoms with van der Waals surface area (Å²) < 4.78 is 80.3. The maximum atomic E-state index is 14.3. The molecule has 31 heavy (non-hydrogen) atoms. The van der Waals surface area contributed by atoms with Gasteiger partial charge in [-0.3, -0.25) is 4.79 Å². The fourth-order valence-electron chi connectivity index (χ4n) is 3.70. The van der Waals surface area contributed by atoms with Gasteiger partial charge >= 0.3 is 6.18 Å². The van der Waals surface area contributed by atoms with Crippen molar-refractivity contribution in [3.05, 3.63) is 52.3 Å². The van der Waals surface area contributed by atoms with Gasteiger partial charge in [-0.05, 0) is 41.1 Å². The van der Waals surface area contributed by atoms with Crippen molar-refractivity contribution in [3.63, 3.8) is 0 Å². The van der Waals surface area contributed by atoms with Crippen molar-refractivity contribution in [3.8, 4) is 5.75 Å². The number of nitrogens with zero attached hydrogens (tertiary/aromatic N) is 1. The smallest absolute Gasteiger partial charge is 0.417 e. The lowest BCUT2D eigenvalue weighted by atomic mass is 9.77. The van der Waals surface area contributed by atoms with Crippen molar-refractivity contribution in [2.24, 2.45) is 5.92 Å². The number of hydrogen-bond acceptors (Lipinski definition) is 4. The maximum Gasteiger partial charge on any atom is 0.417 e. The van der Waals surface area contributed by atoms with Crippen LogP contribution in [0.5, 0.6) is 5.75 Å². The van der Waals surface area contributed by atoms with Crippen LogP contribution >= 0.6 is 15.9 Å². The number of pyridine rings is 1. The number of carbonyl (C=O) groups is 1. The van der Waals surface area contributed by atoms with Crippen molar-refractivity contribution in [1.82, 2.24) is 4.98 Å². The quantitative estimate of drug-likeness (QED) is 0.455. The van der Waals surface area contributed by atoms with Crippen LogP contribution < -0.4 is 10.1 Å². The summed E-state index contributed by atoms with van der Waals surface area (Å²) in [6.45, 7) is 2.07. The van der Waals surface area contributed by atoms with Crippen molar-refractivity contribution in [2.45, 2.75) is 37.6 Å². The fraction of sp³-hybridized carbons (Fsp3) is 0.400. The lowest BCUT2D eigenvalue weighted by molar-refractivity contribution is -0.272. The predicted molar refractivity (Wildman–Crippen MR) is 105 cm³/mol. The lowest BCUT2D eigenvalue weighted by Gasteiger charge is -2.32. The molecule has 2 aromatic rings. The topological polar surface area (TPSA) is 60.5 Å². The third-order valence-corrected chi connectivity index (χ3v) is 6.03. The molecule has 1 amide bonds. The van der Waals surface area contributed by atoms with Crippen molar-refractivity contribution in [2.75, 3.05) is 12.4 Å². The van der Waals surface area contributed by atoms with Gasteiger partial charge in [-0.25, -0.2) is 9.37 Å². The number of carbonyl (C=O) groups excluding carboxylic acids is 1. The van der Waals surface area contributed by atoms with Gasteiger partial charge in [0.25, 0.3) is 5.91 Å². The highest BCUT2D eigenvalue weighted by molar-refractivity contribution is 9.10. The van der Waals surface area contributed by atoms with E-state index in [2.05, 4.69) is 26.2 Å². The molecule has 4 atom stereocenters. The fourth-order valence-corrected chi connectivity index (χ4v) is 3.94. The van der Waals surface area contributed by atoms with E-state index in [1.807, 2.05) is 0 Å². The number of alkyl halides is 3. The normalized spacial score (nSPS) is 26.0. The molecule has 11 heteroatoms. The Hall–Kier alpha value is -2.27. The van der Waals surface area contributed by atoms with Crippen LogP contribution in [-0.4, -0.2) is 35.9 Å². The highest BCUT2D eigenvalue weighted by atomic mass is 79.9. The van der Waals surface area contributed by atoms with Gasteiger partial charge in [0.1, 0.15) is 10.7 Å². The standard InChI is InChI=1S/C20H18BrF5N2O3/c1-9-14(11-5-6-12(22)15(23)16(11)30-3)17(31-19(9,2)20(24,25)26)18(29)28-10-4-7-13(21)27-8-10/h4-9,14,17H,1-3H3,(H,28,29). The van der Waals surface area contributed by atoms with Crippen LogP contribution in [0.25, 0.3) is 0 Å². The van der Waals surface area contributed by atoms with E-state index in [-0.39, 0.29) is 11.3 Å². The summed E-state index contributed by atoms with van der Waals surface area (Å²) in [5.41, 5.74) is -2.59. The molecule has 0 spiro atoms. The van der Waals surface area contributed by atoms with Crippen LogP contribution in [0.2, 0.25) is 0 Å². The molecule has 0 bridgehead atoms. The van der Waals surface area contributed by atoms with Gasteiger partial charge in [-0.15, -0.1) is 0 Å². The number of aromatic nitrogens is 1. The van der Waals surface area contributed by atoms with Crippen molar-refractivity contribution in [1.29, 1.82) is 0 Å². The summed E-state index contributed by atoms with van der Waals surface area (Å²) >= 11 is 3.14. The number of anilines is 1. The Morgan fingerprint density at radius 2 is 1.94 bits per heavy atom. The number of methoxy groups -OCH3 is 1. The molecular formula is C20H18BrF5N2O3. The van der Waals surface area contributed by atoms with Gasteiger partial charge < -0.3 is 14.8 Å². The molecule has 1 fully saturated rings. The first-order valence-corrected chi connectivity index (χ1v) is 9.89. The minimum atomic E-state index is -4.83. The first-order valence-electron chi connectivity index (χ1n) is 9.09. The molecule has 2 heterocycles. The molecule has 4 unspecified atom stereocenters. The van der Waals surface area contributed by atoms with Gasteiger partial charge in [0.15, 0.2) is 17.2 Å². The summed E-state index contributed by atoms with van der Waals surface area (Å²) in [6, 6.07) is 4.90. The van der Waals surface area contributed by atoms with E-state index in [0.717, 1.165) is 26.2 Å². The number of benzene rings is 1. The van der Waals surface area contributed by atoms with E-state index in [4.69, 9.17) is 9.47 Å². The summed E-state index contributed by atoms with van der Waals surface area (Å²) in [6.07, 6.45) is -5.19. The second-order valence-corrected chi connectivity index (χ2v) is 8.11. The van der Waals surface area contributed by atoms with E-state index in [1.165, 1.54) is 25.3 Å². The number of halogens is 6. The Labute approximate surface area is 183 Å². The SMILES string of the molecule is COc1c(C2C(C(=O)Nc3ccc(Br)nc3)OC(C)(C(F)(F)F)C2C)ccc(F)c1F. The van der Waals surface area contributed by atoms with Crippen LogP contribution in [0.1, 0.15) is 25.3 Å². The first-order chi connectivity index (χ1) is 14.4. The Balaban J connectivity index is 2.07. The van der Waals surface area contributed by atoms with Crippen LogP contribution in [0.4, 0.5) is 27.6 Å². The monoisotopic (exact) mass is 508 g/mol. The van der Waals surface area contributed by atoms with Crippen LogP contribution in [0, 0.1) is 17.6 Å². The molecule has 1 aliphatic rings. The van der Waals surface area contributed by atoms with E-state index in [0.29, 0.717) is 4.60 Å². The molecule has 168 valence electrons. The Kier molecular flexibility index (Phi) is 6.30. The van der Waals surface area contributed by atoms with Gasteiger partial charge in [-0.2, -0.15) is 17.6 Å². The van der Waals surface area contributed by atoms with E-state index >= 15 is 0 Å². The molecule has 5 nitrogen and oxygen atoms in total. The van der Waals surface area contributed by atoms with Gasteiger partial charge in [0.05, 0.1) is 19.0 Å². The zero-order valence-electron chi connectivity index (χ0n) is 16.6. The molecule has 0 radical (unpaired) electrons. The summed E-state index contributed by atoms with van der Waals surface area (Å²) in [5.74, 6) is -6.65. The molecule has 0 saturated carbocycles. The third kappa shape index (κ3) is 4.12. The van der Waals surface area contributed by atoms with Crippen LogP contribution in [-0.2, 0) is 9.53 Å². The van der Waals surface area contributed by atoms with Crippen molar-refractivity contribution < 1.29 is 36.2 Å². The minimum Gasteiger partial charge on any atom is -0.493 e. The molecular weight excluding hydrogens is 491 g/mol. The average molecular weight is 509 g/mol. The number of nitrogens with one attached hydrogen (secondary N) is 1.